The first-order valence-corrected chi connectivity index (χ1v) is 6.93. The molecule has 0 aliphatic heterocycles. The van der Waals surface area contributed by atoms with Crippen molar-refractivity contribution in [1.29, 1.82) is 0 Å². The van der Waals surface area contributed by atoms with Crippen LogP contribution in [-0.2, 0) is 0 Å². The van der Waals surface area contributed by atoms with E-state index in [4.69, 9.17) is 28.9 Å². The summed E-state index contributed by atoms with van der Waals surface area (Å²) in [6.45, 7) is 0. The molecule has 0 saturated carbocycles. The molecule has 2 aromatic carbocycles. The highest BCUT2D eigenvalue weighted by molar-refractivity contribution is 9.10. The summed E-state index contributed by atoms with van der Waals surface area (Å²) in [5, 5.41) is 2.57. The van der Waals surface area contributed by atoms with Crippen molar-refractivity contribution >= 4 is 56.4 Å². The van der Waals surface area contributed by atoms with Crippen molar-refractivity contribution in [2.45, 2.75) is 0 Å². The molecule has 20 heavy (non-hydrogen) atoms. The van der Waals surface area contributed by atoms with Crippen molar-refractivity contribution in [3.63, 3.8) is 0 Å². The van der Waals surface area contributed by atoms with Gasteiger partial charge in [-0.15, -0.1) is 0 Å². The summed E-state index contributed by atoms with van der Waals surface area (Å²) in [6, 6.07) is 6.90. The lowest BCUT2D eigenvalue weighted by atomic mass is 10.2. The number of benzene rings is 2. The average molecular weight is 378 g/mol. The molecule has 0 aliphatic carbocycles. The number of carbonyl (C=O) groups is 1. The SMILES string of the molecule is Nc1cc(Br)cc(C(=O)Nc2c(Cl)cc(F)cc2Cl)c1. The fourth-order valence-corrected chi connectivity index (χ4v) is 2.66. The minimum atomic E-state index is -0.579. The molecule has 0 bridgehead atoms. The quantitative estimate of drug-likeness (QED) is 0.743. The van der Waals surface area contributed by atoms with E-state index >= 15 is 0 Å². The van der Waals surface area contributed by atoms with E-state index in [1.165, 1.54) is 6.07 Å². The monoisotopic (exact) mass is 376 g/mol. The molecule has 3 nitrogen and oxygen atoms in total. The Morgan fingerprint density at radius 3 is 2.30 bits per heavy atom. The molecule has 1 amide bonds. The molecular formula is C13H8BrCl2FN2O. The third-order valence-electron chi connectivity index (χ3n) is 2.43. The summed E-state index contributed by atoms with van der Waals surface area (Å²) in [4.78, 5) is 12.1. The Labute approximate surface area is 133 Å². The number of amides is 1. The molecule has 2 rings (SSSR count). The largest absolute Gasteiger partial charge is 0.399 e. The van der Waals surface area contributed by atoms with Crippen LogP contribution in [0.3, 0.4) is 0 Å². The standard InChI is InChI=1S/C13H8BrCl2FN2O/c14-7-1-6(2-9(18)3-7)13(20)19-12-10(15)4-8(17)5-11(12)16/h1-5H,18H2,(H,19,20). The van der Waals surface area contributed by atoms with Crippen molar-refractivity contribution < 1.29 is 9.18 Å². The van der Waals surface area contributed by atoms with Crippen LogP contribution in [0.1, 0.15) is 10.4 Å². The van der Waals surface area contributed by atoms with Crippen molar-refractivity contribution in [3.8, 4) is 0 Å². The number of nitrogen functional groups attached to an aromatic ring is 1. The Balaban J connectivity index is 2.32. The maximum absolute atomic E-state index is 13.1. The van der Waals surface area contributed by atoms with Crippen molar-refractivity contribution in [2.24, 2.45) is 0 Å². The zero-order valence-corrected chi connectivity index (χ0v) is 13.0. The number of hydrogen-bond donors (Lipinski definition) is 2. The first-order chi connectivity index (χ1) is 9.36. The lowest BCUT2D eigenvalue weighted by Crippen LogP contribution is -2.13. The fourth-order valence-electron chi connectivity index (χ4n) is 1.59. The first kappa shape index (κ1) is 15.1. The van der Waals surface area contributed by atoms with E-state index in [0.717, 1.165) is 12.1 Å². The summed E-state index contributed by atoms with van der Waals surface area (Å²) >= 11 is 15.0. The van der Waals surface area contributed by atoms with Gasteiger partial charge in [0.2, 0.25) is 0 Å². The zero-order valence-electron chi connectivity index (χ0n) is 9.88. The maximum Gasteiger partial charge on any atom is 0.255 e. The van der Waals surface area contributed by atoms with E-state index in [9.17, 15) is 9.18 Å². The lowest BCUT2D eigenvalue weighted by Gasteiger charge is -2.10. The molecule has 0 spiro atoms. The Morgan fingerprint density at radius 1 is 1.15 bits per heavy atom. The second-order valence-corrected chi connectivity index (χ2v) is 5.70. The van der Waals surface area contributed by atoms with Gasteiger partial charge in [-0.05, 0) is 30.3 Å². The van der Waals surface area contributed by atoms with Crippen molar-refractivity contribution in [1.82, 2.24) is 0 Å². The minimum Gasteiger partial charge on any atom is -0.399 e. The summed E-state index contributed by atoms with van der Waals surface area (Å²) < 4.78 is 13.7. The number of halogens is 4. The molecule has 7 heteroatoms. The van der Waals surface area contributed by atoms with E-state index < -0.39 is 11.7 Å². The highest BCUT2D eigenvalue weighted by Gasteiger charge is 2.14. The summed E-state index contributed by atoms with van der Waals surface area (Å²) in [6.07, 6.45) is 0. The Kier molecular flexibility index (Phi) is 4.52. The van der Waals surface area contributed by atoms with E-state index in [1.54, 1.807) is 12.1 Å². The molecule has 0 radical (unpaired) electrons. The molecule has 0 heterocycles. The van der Waals surface area contributed by atoms with Gasteiger partial charge in [-0.25, -0.2) is 4.39 Å². The predicted octanol–water partition coefficient (Wildman–Crippen LogP) is 4.73. The van der Waals surface area contributed by atoms with Crippen LogP contribution < -0.4 is 11.1 Å². The van der Waals surface area contributed by atoms with E-state index in [1.807, 2.05) is 0 Å². The van der Waals surface area contributed by atoms with Gasteiger partial charge in [-0.1, -0.05) is 39.1 Å². The molecular weight excluding hydrogens is 370 g/mol. The van der Waals surface area contributed by atoms with Crippen LogP contribution in [0.2, 0.25) is 10.0 Å². The zero-order chi connectivity index (χ0) is 14.9. The molecule has 104 valence electrons. The summed E-state index contributed by atoms with van der Waals surface area (Å²) in [7, 11) is 0. The minimum absolute atomic E-state index is 0.0197. The number of hydrogen-bond acceptors (Lipinski definition) is 2. The molecule has 0 atom stereocenters. The topological polar surface area (TPSA) is 55.1 Å². The predicted molar refractivity (Wildman–Crippen MR) is 82.9 cm³/mol. The van der Waals surface area contributed by atoms with Gasteiger partial charge in [0.25, 0.3) is 5.91 Å². The number of carbonyl (C=O) groups excluding carboxylic acids is 1. The van der Waals surface area contributed by atoms with Crippen LogP contribution in [0.4, 0.5) is 15.8 Å². The van der Waals surface area contributed by atoms with Gasteiger partial charge in [-0.3, -0.25) is 4.79 Å². The first-order valence-electron chi connectivity index (χ1n) is 5.39. The van der Waals surface area contributed by atoms with Crippen LogP contribution in [0.5, 0.6) is 0 Å². The molecule has 2 aromatic rings. The van der Waals surface area contributed by atoms with Gasteiger partial charge in [0.1, 0.15) is 5.82 Å². The third kappa shape index (κ3) is 3.42. The van der Waals surface area contributed by atoms with Gasteiger partial charge >= 0.3 is 0 Å². The average Bonchev–Trinajstić information content (AvgIpc) is 2.32. The number of nitrogens with one attached hydrogen (secondary N) is 1. The molecule has 0 fully saturated rings. The number of nitrogens with two attached hydrogens (primary N) is 1. The van der Waals surface area contributed by atoms with Crippen LogP contribution in [0.25, 0.3) is 0 Å². The second-order valence-electron chi connectivity index (χ2n) is 3.97. The van der Waals surface area contributed by atoms with E-state index in [-0.39, 0.29) is 15.7 Å². The number of rotatable bonds is 2. The Hall–Kier alpha value is -1.30. The summed E-state index contributed by atoms with van der Waals surface area (Å²) in [5.41, 5.74) is 6.57. The normalized spacial score (nSPS) is 10.4. The number of anilines is 2. The third-order valence-corrected chi connectivity index (χ3v) is 3.48. The van der Waals surface area contributed by atoms with Gasteiger partial charge in [0.15, 0.2) is 0 Å². The van der Waals surface area contributed by atoms with Crippen LogP contribution in [0.15, 0.2) is 34.8 Å². The highest BCUT2D eigenvalue weighted by atomic mass is 79.9. The van der Waals surface area contributed by atoms with Gasteiger partial charge < -0.3 is 11.1 Å². The molecule has 0 aromatic heterocycles. The van der Waals surface area contributed by atoms with Crippen LogP contribution in [0, 0.1) is 5.82 Å². The highest BCUT2D eigenvalue weighted by Crippen LogP contribution is 2.32. The lowest BCUT2D eigenvalue weighted by molar-refractivity contribution is 0.102. The van der Waals surface area contributed by atoms with E-state index in [0.29, 0.717) is 15.7 Å². The van der Waals surface area contributed by atoms with Gasteiger partial charge in [0, 0.05) is 15.7 Å². The van der Waals surface area contributed by atoms with Crippen LogP contribution in [-0.4, -0.2) is 5.91 Å². The van der Waals surface area contributed by atoms with Crippen molar-refractivity contribution in [3.05, 3.63) is 56.2 Å². The summed E-state index contributed by atoms with van der Waals surface area (Å²) in [5.74, 6) is -1.03. The fraction of sp³-hybridized carbons (Fsp3) is 0. The molecule has 3 N–H and O–H groups in total. The van der Waals surface area contributed by atoms with Crippen molar-refractivity contribution in [2.75, 3.05) is 11.1 Å². The Morgan fingerprint density at radius 2 is 1.75 bits per heavy atom. The molecule has 0 unspecified atom stereocenters. The smallest absolute Gasteiger partial charge is 0.255 e. The van der Waals surface area contributed by atoms with E-state index in [2.05, 4.69) is 21.2 Å². The Bertz CT molecular complexity index is 651. The second kappa shape index (κ2) is 5.99. The molecule has 0 aliphatic rings. The maximum atomic E-state index is 13.1. The van der Waals surface area contributed by atoms with Crippen LogP contribution >= 0.6 is 39.1 Å². The van der Waals surface area contributed by atoms with Gasteiger partial charge in [-0.2, -0.15) is 0 Å². The molecule has 0 saturated heterocycles. The van der Waals surface area contributed by atoms with Gasteiger partial charge in [0.05, 0.1) is 15.7 Å².